The van der Waals surface area contributed by atoms with Gasteiger partial charge >= 0.3 is 0 Å². The summed E-state index contributed by atoms with van der Waals surface area (Å²) >= 11 is 0. The van der Waals surface area contributed by atoms with E-state index < -0.39 is 18.2 Å². The second-order valence-electron chi connectivity index (χ2n) is 7.30. The Kier molecular flexibility index (Phi) is 7.77. The maximum atomic E-state index is 13.0. The first kappa shape index (κ1) is 21.3. The number of likely N-dealkylation sites (tertiary alicyclic amines) is 2. The Bertz CT molecular complexity index is 580. The predicted octanol–water partition coefficient (Wildman–Crippen LogP) is 0.225. The van der Waals surface area contributed by atoms with E-state index in [-0.39, 0.29) is 49.3 Å². The monoisotopic (exact) mass is 381 g/mol. The van der Waals surface area contributed by atoms with Gasteiger partial charge in [0, 0.05) is 45.3 Å². The lowest BCUT2D eigenvalue weighted by atomic mass is 10.00. The van der Waals surface area contributed by atoms with Crippen molar-refractivity contribution in [1.82, 2.24) is 15.1 Å². The minimum Gasteiger partial charge on any atom is -0.391 e. The molecule has 3 amide bonds. The van der Waals surface area contributed by atoms with Crippen LogP contribution in [0.2, 0.25) is 0 Å². The van der Waals surface area contributed by atoms with Crippen LogP contribution in [0.25, 0.3) is 0 Å². The van der Waals surface area contributed by atoms with Gasteiger partial charge in [-0.2, -0.15) is 0 Å². The molecule has 8 heteroatoms. The van der Waals surface area contributed by atoms with Gasteiger partial charge in [-0.05, 0) is 19.3 Å². The minimum absolute atomic E-state index is 0.00825. The van der Waals surface area contributed by atoms with Crippen LogP contribution in [0.4, 0.5) is 0 Å². The van der Waals surface area contributed by atoms with E-state index in [4.69, 9.17) is 0 Å². The van der Waals surface area contributed by atoms with E-state index >= 15 is 0 Å². The SMILES string of the molecule is CCCNC(=O)CCC(=O)N1CC(O)CC1C(=O)C1CCCN1C(=O)CC. The lowest BCUT2D eigenvalue weighted by Crippen LogP contribution is -2.49. The third kappa shape index (κ3) is 5.28. The molecule has 152 valence electrons. The van der Waals surface area contributed by atoms with Crippen molar-refractivity contribution < 1.29 is 24.3 Å². The first-order valence-corrected chi connectivity index (χ1v) is 9.96. The van der Waals surface area contributed by atoms with Crippen LogP contribution in [0.3, 0.4) is 0 Å². The largest absolute Gasteiger partial charge is 0.391 e. The van der Waals surface area contributed by atoms with Gasteiger partial charge in [-0.1, -0.05) is 13.8 Å². The topological polar surface area (TPSA) is 107 Å². The zero-order valence-electron chi connectivity index (χ0n) is 16.3. The van der Waals surface area contributed by atoms with E-state index in [0.717, 1.165) is 12.8 Å². The molecular formula is C19H31N3O5. The summed E-state index contributed by atoms with van der Waals surface area (Å²) in [5.41, 5.74) is 0. The molecule has 0 radical (unpaired) electrons. The number of rotatable bonds is 8. The Hall–Kier alpha value is -1.96. The third-order valence-corrected chi connectivity index (χ3v) is 5.27. The summed E-state index contributed by atoms with van der Waals surface area (Å²) in [5, 5.41) is 12.7. The lowest BCUT2D eigenvalue weighted by molar-refractivity contribution is -0.143. The fourth-order valence-corrected chi connectivity index (χ4v) is 3.86. The van der Waals surface area contributed by atoms with E-state index in [1.54, 1.807) is 11.8 Å². The van der Waals surface area contributed by atoms with Crippen molar-refractivity contribution in [3.8, 4) is 0 Å². The maximum absolute atomic E-state index is 13.0. The number of nitrogens with one attached hydrogen (secondary N) is 1. The summed E-state index contributed by atoms with van der Waals surface area (Å²) in [6.45, 7) is 4.94. The number of nitrogens with zero attached hydrogens (tertiary/aromatic N) is 2. The fourth-order valence-electron chi connectivity index (χ4n) is 3.86. The Morgan fingerprint density at radius 1 is 1.04 bits per heavy atom. The van der Waals surface area contributed by atoms with Crippen molar-refractivity contribution in [3.63, 3.8) is 0 Å². The number of β-amino-alcohol motifs (C(OH)–C–C–N with tert-alkyl or cyclic N) is 1. The van der Waals surface area contributed by atoms with Gasteiger partial charge in [0.15, 0.2) is 5.78 Å². The van der Waals surface area contributed by atoms with Gasteiger partial charge in [0.05, 0.1) is 18.2 Å². The summed E-state index contributed by atoms with van der Waals surface area (Å²) in [5.74, 6) is -0.726. The highest BCUT2D eigenvalue weighted by Crippen LogP contribution is 2.27. The highest BCUT2D eigenvalue weighted by Gasteiger charge is 2.44. The molecule has 2 heterocycles. The van der Waals surface area contributed by atoms with Crippen LogP contribution in [0.1, 0.15) is 58.8 Å². The second-order valence-corrected chi connectivity index (χ2v) is 7.30. The van der Waals surface area contributed by atoms with E-state index in [9.17, 15) is 24.3 Å². The fraction of sp³-hybridized carbons (Fsp3) is 0.789. The highest BCUT2D eigenvalue weighted by molar-refractivity contribution is 5.96. The van der Waals surface area contributed by atoms with Gasteiger partial charge in [-0.25, -0.2) is 0 Å². The molecule has 2 aliphatic rings. The molecule has 2 saturated heterocycles. The highest BCUT2D eigenvalue weighted by atomic mass is 16.3. The molecule has 0 aliphatic carbocycles. The summed E-state index contributed by atoms with van der Waals surface area (Å²) in [6.07, 6.45) is 2.03. The van der Waals surface area contributed by atoms with E-state index in [1.807, 2.05) is 6.92 Å². The van der Waals surface area contributed by atoms with E-state index in [0.29, 0.717) is 25.9 Å². The van der Waals surface area contributed by atoms with Crippen molar-refractivity contribution in [2.45, 2.75) is 77.0 Å². The maximum Gasteiger partial charge on any atom is 0.223 e. The average Bonchev–Trinajstić information content (AvgIpc) is 3.30. The molecular weight excluding hydrogens is 350 g/mol. The van der Waals surface area contributed by atoms with Gasteiger partial charge in [0.1, 0.15) is 0 Å². The Balaban J connectivity index is 2.00. The number of amides is 3. The number of carbonyl (C=O) groups excluding carboxylic acids is 4. The molecule has 0 aromatic carbocycles. The summed E-state index contributed by atoms with van der Waals surface area (Å²) in [4.78, 5) is 52.4. The predicted molar refractivity (Wildman–Crippen MR) is 98.7 cm³/mol. The smallest absolute Gasteiger partial charge is 0.223 e. The van der Waals surface area contributed by atoms with Gasteiger partial charge < -0.3 is 20.2 Å². The van der Waals surface area contributed by atoms with Crippen LogP contribution in [0.5, 0.6) is 0 Å². The van der Waals surface area contributed by atoms with E-state index in [2.05, 4.69) is 5.32 Å². The van der Waals surface area contributed by atoms with Crippen molar-refractivity contribution in [1.29, 1.82) is 0 Å². The summed E-state index contributed by atoms with van der Waals surface area (Å²) < 4.78 is 0. The molecule has 0 saturated carbocycles. The van der Waals surface area contributed by atoms with Gasteiger partial charge in [-0.15, -0.1) is 0 Å². The number of hydrogen-bond donors (Lipinski definition) is 2. The van der Waals surface area contributed by atoms with Gasteiger partial charge in [-0.3, -0.25) is 19.2 Å². The quantitative estimate of drug-likeness (QED) is 0.626. The number of ketones is 1. The molecule has 0 spiro atoms. The zero-order valence-corrected chi connectivity index (χ0v) is 16.3. The summed E-state index contributed by atoms with van der Waals surface area (Å²) in [7, 11) is 0. The molecule has 3 unspecified atom stereocenters. The normalized spacial score (nSPS) is 24.9. The van der Waals surface area contributed by atoms with Crippen molar-refractivity contribution >= 4 is 23.5 Å². The number of aliphatic hydroxyl groups excluding tert-OH is 1. The van der Waals surface area contributed by atoms with Crippen molar-refractivity contribution in [3.05, 3.63) is 0 Å². The first-order chi connectivity index (χ1) is 12.9. The molecule has 0 aromatic rings. The molecule has 2 N–H and O–H groups in total. The van der Waals surface area contributed by atoms with Crippen LogP contribution in [-0.4, -0.2) is 76.2 Å². The molecule has 3 atom stereocenters. The zero-order chi connectivity index (χ0) is 20.0. The standard InChI is InChI=1S/C19H31N3O5/c1-3-9-20-16(24)7-8-18(26)22-12-13(23)11-15(22)19(27)14-6-5-10-21(14)17(25)4-2/h13-15,23H,3-12H2,1-2H3,(H,20,24). The molecule has 2 fully saturated rings. The number of Topliss-reactive ketones (excluding diaryl/α,β-unsaturated/α-hetero) is 1. The molecule has 27 heavy (non-hydrogen) atoms. The lowest BCUT2D eigenvalue weighted by Gasteiger charge is -2.29. The van der Waals surface area contributed by atoms with Crippen LogP contribution in [-0.2, 0) is 19.2 Å². The van der Waals surface area contributed by atoms with Crippen LogP contribution < -0.4 is 5.32 Å². The molecule has 0 aromatic heterocycles. The van der Waals surface area contributed by atoms with Gasteiger partial charge in [0.25, 0.3) is 0 Å². The molecule has 8 nitrogen and oxygen atoms in total. The minimum atomic E-state index is -0.756. The van der Waals surface area contributed by atoms with Crippen LogP contribution in [0, 0.1) is 0 Å². The molecule has 2 rings (SSSR count). The second kappa shape index (κ2) is 9.82. The van der Waals surface area contributed by atoms with Gasteiger partial charge in [0.2, 0.25) is 17.7 Å². The molecule has 2 aliphatic heterocycles. The number of carbonyl (C=O) groups is 4. The first-order valence-electron chi connectivity index (χ1n) is 9.96. The van der Waals surface area contributed by atoms with Crippen LogP contribution in [0.15, 0.2) is 0 Å². The Morgan fingerprint density at radius 3 is 2.44 bits per heavy atom. The van der Waals surface area contributed by atoms with E-state index in [1.165, 1.54) is 4.90 Å². The molecule has 0 bridgehead atoms. The number of aliphatic hydroxyl groups is 1. The Morgan fingerprint density at radius 2 is 1.78 bits per heavy atom. The third-order valence-electron chi connectivity index (χ3n) is 5.27. The van der Waals surface area contributed by atoms with Crippen molar-refractivity contribution in [2.75, 3.05) is 19.6 Å². The van der Waals surface area contributed by atoms with Crippen LogP contribution >= 0.6 is 0 Å². The average molecular weight is 381 g/mol. The Labute approximate surface area is 160 Å². The summed E-state index contributed by atoms with van der Waals surface area (Å²) in [6, 6.07) is -1.24. The number of hydrogen-bond acceptors (Lipinski definition) is 5. The van der Waals surface area contributed by atoms with Crippen molar-refractivity contribution in [2.24, 2.45) is 0 Å².